The van der Waals surface area contributed by atoms with Crippen LogP contribution in [0.1, 0.15) is 19.8 Å². The van der Waals surface area contributed by atoms with Crippen molar-refractivity contribution in [2.75, 3.05) is 6.61 Å². The number of carbonyl (C=O) groups excluding carboxylic acids is 2. The van der Waals surface area contributed by atoms with Gasteiger partial charge in [-0.15, -0.1) is 0 Å². The molecule has 1 rings (SSSR count). The first-order valence-corrected chi connectivity index (χ1v) is 4.70. The lowest BCUT2D eigenvalue weighted by Gasteiger charge is -2.18. The van der Waals surface area contributed by atoms with Crippen LogP contribution in [0.5, 0.6) is 0 Å². The second kappa shape index (κ2) is 4.72. The summed E-state index contributed by atoms with van der Waals surface area (Å²) in [5, 5.41) is 8.47. The van der Waals surface area contributed by atoms with Gasteiger partial charge in [-0.25, -0.2) is 4.79 Å². The van der Waals surface area contributed by atoms with Crippen LogP contribution in [0.4, 0.5) is 0 Å². The summed E-state index contributed by atoms with van der Waals surface area (Å²) in [7, 11) is 0. The van der Waals surface area contributed by atoms with E-state index in [2.05, 4.69) is 0 Å². The summed E-state index contributed by atoms with van der Waals surface area (Å²) in [5.41, 5.74) is 0. The minimum absolute atomic E-state index is 0.218. The summed E-state index contributed by atoms with van der Waals surface area (Å²) in [4.78, 5) is 32.9. The normalized spacial score (nSPS) is 20.7. The molecule has 0 radical (unpaired) electrons. The molecular formula is C10H12O5. The number of Topliss-reactive ketones (excluding diaryl/α,β-unsaturated/α-hetero) is 1. The number of ketones is 2. The van der Waals surface area contributed by atoms with Gasteiger partial charge in [-0.1, -0.05) is 0 Å². The molecule has 5 nitrogen and oxygen atoms in total. The molecule has 0 amide bonds. The number of carbonyl (C=O) groups is 3. The van der Waals surface area contributed by atoms with E-state index < -0.39 is 23.5 Å². The van der Waals surface area contributed by atoms with E-state index in [0.717, 1.165) is 0 Å². The van der Waals surface area contributed by atoms with E-state index in [4.69, 9.17) is 9.84 Å². The molecule has 1 aliphatic rings. The maximum Gasteiger partial charge on any atom is 0.372 e. The largest absolute Gasteiger partial charge is 0.498 e. The molecule has 0 saturated heterocycles. The van der Waals surface area contributed by atoms with Gasteiger partial charge in [0.2, 0.25) is 0 Å². The van der Waals surface area contributed by atoms with Crippen LogP contribution in [0.25, 0.3) is 0 Å². The fourth-order valence-electron chi connectivity index (χ4n) is 1.47. The highest BCUT2D eigenvalue weighted by Crippen LogP contribution is 2.22. The molecule has 1 N–H and O–H groups in total. The van der Waals surface area contributed by atoms with Gasteiger partial charge in [0, 0.05) is 12.5 Å². The van der Waals surface area contributed by atoms with E-state index in [0.29, 0.717) is 18.8 Å². The summed E-state index contributed by atoms with van der Waals surface area (Å²) in [6.07, 6.45) is 1.87. The maximum absolute atomic E-state index is 11.4. The highest BCUT2D eigenvalue weighted by Gasteiger charge is 2.33. The average Bonchev–Trinajstić information content (AvgIpc) is 2.17. The molecule has 1 atom stereocenters. The topological polar surface area (TPSA) is 80.7 Å². The van der Waals surface area contributed by atoms with E-state index in [-0.39, 0.29) is 6.42 Å². The van der Waals surface area contributed by atoms with Gasteiger partial charge >= 0.3 is 5.97 Å². The molecule has 0 bridgehead atoms. The zero-order chi connectivity index (χ0) is 11.4. The third-order valence-corrected chi connectivity index (χ3v) is 2.18. The van der Waals surface area contributed by atoms with E-state index in [1.807, 2.05) is 0 Å². The number of rotatable bonds is 4. The van der Waals surface area contributed by atoms with Crippen LogP contribution in [-0.2, 0) is 19.1 Å². The van der Waals surface area contributed by atoms with Crippen molar-refractivity contribution in [3.05, 3.63) is 11.8 Å². The van der Waals surface area contributed by atoms with Crippen molar-refractivity contribution in [1.82, 2.24) is 0 Å². The van der Waals surface area contributed by atoms with Crippen molar-refractivity contribution >= 4 is 17.5 Å². The second-order valence-corrected chi connectivity index (χ2v) is 3.21. The minimum Gasteiger partial charge on any atom is -0.498 e. The summed E-state index contributed by atoms with van der Waals surface area (Å²) >= 11 is 0. The SMILES string of the molecule is CCOC1=CC(=O)C(C(=O)C(=O)O)CC1. The van der Waals surface area contributed by atoms with Gasteiger partial charge in [-0.2, -0.15) is 0 Å². The average molecular weight is 212 g/mol. The van der Waals surface area contributed by atoms with Gasteiger partial charge in [0.25, 0.3) is 5.78 Å². The fourth-order valence-corrected chi connectivity index (χ4v) is 1.47. The number of allylic oxidation sites excluding steroid dienone is 2. The van der Waals surface area contributed by atoms with Gasteiger partial charge in [0.1, 0.15) is 0 Å². The van der Waals surface area contributed by atoms with Crippen LogP contribution in [0, 0.1) is 5.92 Å². The van der Waals surface area contributed by atoms with Gasteiger partial charge in [0.05, 0.1) is 18.3 Å². The summed E-state index contributed by atoms with van der Waals surface area (Å²) in [5.74, 6) is -3.57. The van der Waals surface area contributed by atoms with Gasteiger partial charge in [-0.05, 0) is 13.3 Å². The standard InChI is InChI=1S/C10H12O5/c1-2-15-6-3-4-7(8(11)5-6)9(12)10(13)14/h5,7H,2-4H2,1H3,(H,13,14). The Labute approximate surface area is 86.7 Å². The molecule has 1 aliphatic carbocycles. The smallest absolute Gasteiger partial charge is 0.372 e. The number of hydrogen-bond donors (Lipinski definition) is 1. The van der Waals surface area contributed by atoms with E-state index >= 15 is 0 Å². The Bertz CT molecular complexity index is 329. The Morgan fingerprint density at radius 1 is 1.60 bits per heavy atom. The summed E-state index contributed by atoms with van der Waals surface area (Å²) in [6, 6.07) is 0. The number of ether oxygens (including phenoxy) is 1. The van der Waals surface area contributed by atoms with Crippen molar-refractivity contribution in [2.24, 2.45) is 5.92 Å². The molecule has 15 heavy (non-hydrogen) atoms. The van der Waals surface area contributed by atoms with Gasteiger partial charge in [-0.3, -0.25) is 9.59 Å². The highest BCUT2D eigenvalue weighted by molar-refractivity contribution is 6.38. The maximum atomic E-state index is 11.4. The predicted molar refractivity (Wildman–Crippen MR) is 50.1 cm³/mol. The lowest BCUT2D eigenvalue weighted by molar-refractivity contribution is -0.152. The highest BCUT2D eigenvalue weighted by atomic mass is 16.5. The zero-order valence-corrected chi connectivity index (χ0v) is 8.36. The minimum atomic E-state index is -1.55. The van der Waals surface area contributed by atoms with Crippen molar-refractivity contribution in [3.8, 4) is 0 Å². The third kappa shape index (κ3) is 2.65. The van der Waals surface area contributed by atoms with Crippen LogP contribution in [0.3, 0.4) is 0 Å². The van der Waals surface area contributed by atoms with Crippen LogP contribution in [0.2, 0.25) is 0 Å². The van der Waals surface area contributed by atoms with Crippen molar-refractivity contribution in [2.45, 2.75) is 19.8 Å². The number of carboxylic acids is 1. The molecule has 0 aromatic rings. The molecule has 0 heterocycles. The molecule has 0 fully saturated rings. The molecule has 1 unspecified atom stereocenters. The molecule has 0 aliphatic heterocycles. The molecule has 5 heteroatoms. The van der Waals surface area contributed by atoms with E-state index in [1.54, 1.807) is 6.92 Å². The quantitative estimate of drug-likeness (QED) is 0.543. The lowest BCUT2D eigenvalue weighted by atomic mass is 9.88. The van der Waals surface area contributed by atoms with Crippen LogP contribution in [0.15, 0.2) is 11.8 Å². The lowest BCUT2D eigenvalue weighted by Crippen LogP contribution is -2.31. The molecule has 0 aromatic heterocycles. The van der Waals surface area contributed by atoms with Crippen LogP contribution < -0.4 is 0 Å². The van der Waals surface area contributed by atoms with Crippen molar-refractivity contribution < 1.29 is 24.2 Å². The summed E-state index contributed by atoms with van der Waals surface area (Å²) in [6.45, 7) is 2.25. The van der Waals surface area contributed by atoms with Crippen LogP contribution >= 0.6 is 0 Å². The molecule has 0 saturated carbocycles. The summed E-state index contributed by atoms with van der Waals surface area (Å²) < 4.78 is 5.12. The number of hydrogen-bond acceptors (Lipinski definition) is 4. The Hall–Kier alpha value is -1.65. The van der Waals surface area contributed by atoms with E-state index in [9.17, 15) is 14.4 Å². The van der Waals surface area contributed by atoms with Crippen molar-refractivity contribution in [3.63, 3.8) is 0 Å². The number of aliphatic carboxylic acids is 1. The number of carboxylic acid groups (broad SMARTS) is 1. The fraction of sp³-hybridized carbons (Fsp3) is 0.500. The zero-order valence-electron chi connectivity index (χ0n) is 8.36. The van der Waals surface area contributed by atoms with Gasteiger partial charge in [0.15, 0.2) is 5.78 Å². The first kappa shape index (κ1) is 11.4. The first-order chi connectivity index (χ1) is 7.06. The Morgan fingerprint density at radius 2 is 2.27 bits per heavy atom. The first-order valence-electron chi connectivity index (χ1n) is 4.70. The monoisotopic (exact) mass is 212 g/mol. The van der Waals surface area contributed by atoms with E-state index in [1.165, 1.54) is 6.08 Å². The van der Waals surface area contributed by atoms with Gasteiger partial charge < -0.3 is 9.84 Å². The van der Waals surface area contributed by atoms with Crippen molar-refractivity contribution in [1.29, 1.82) is 0 Å². The Balaban J connectivity index is 2.72. The molecule has 0 spiro atoms. The second-order valence-electron chi connectivity index (χ2n) is 3.21. The molecule has 0 aromatic carbocycles. The van der Waals surface area contributed by atoms with Crippen LogP contribution in [-0.4, -0.2) is 29.2 Å². The molecular weight excluding hydrogens is 200 g/mol. The Kier molecular flexibility index (Phi) is 3.60. The third-order valence-electron chi connectivity index (χ3n) is 2.18. The molecule has 82 valence electrons. The predicted octanol–water partition coefficient (Wildman–Crippen LogP) is 0.540. The Morgan fingerprint density at radius 3 is 2.73 bits per heavy atom.